The number of aromatic nitrogens is 2. The number of rotatable bonds is 5. The van der Waals surface area contributed by atoms with Crippen LogP contribution in [0.15, 0.2) is 53.1 Å². The topological polar surface area (TPSA) is 91.3 Å². The second-order valence-corrected chi connectivity index (χ2v) is 6.23. The van der Waals surface area contributed by atoms with E-state index >= 15 is 0 Å². The molecule has 3 rings (SSSR count). The summed E-state index contributed by atoms with van der Waals surface area (Å²) >= 11 is 5.87. The summed E-state index contributed by atoms with van der Waals surface area (Å²) in [6.45, 7) is 3.57. The lowest BCUT2D eigenvalue weighted by molar-refractivity contribution is -0.384. The fraction of sp³-hybridized carbons (Fsp3) is 0.176. The Labute approximate surface area is 148 Å². The van der Waals surface area contributed by atoms with Gasteiger partial charge in [-0.05, 0) is 50.2 Å². The van der Waals surface area contributed by atoms with Crippen molar-refractivity contribution in [3.05, 3.63) is 69.5 Å². The number of halogens is 1. The highest BCUT2D eigenvalue weighted by atomic mass is 35.5. The van der Waals surface area contributed by atoms with Crippen LogP contribution in [0, 0.1) is 10.1 Å². The Morgan fingerprint density at radius 1 is 1.12 bits per heavy atom. The lowest BCUT2D eigenvalue weighted by Gasteiger charge is -2.22. The van der Waals surface area contributed by atoms with E-state index in [9.17, 15) is 10.1 Å². The molecule has 0 amide bonds. The molecule has 0 saturated carbocycles. The van der Waals surface area contributed by atoms with Crippen LogP contribution < -0.4 is 4.74 Å². The molecule has 0 unspecified atom stereocenters. The number of hydrogen-bond donors (Lipinski definition) is 0. The smallest absolute Gasteiger partial charge is 0.269 e. The third-order valence-corrected chi connectivity index (χ3v) is 3.73. The Bertz CT molecular complexity index is 889. The molecule has 7 nitrogen and oxygen atoms in total. The molecule has 0 aliphatic heterocycles. The lowest BCUT2D eigenvalue weighted by Crippen LogP contribution is -2.26. The minimum atomic E-state index is -0.885. The van der Waals surface area contributed by atoms with E-state index in [1.54, 1.807) is 38.1 Å². The zero-order chi connectivity index (χ0) is 18.0. The molecule has 0 bridgehead atoms. The molecule has 1 heterocycles. The first-order chi connectivity index (χ1) is 11.8. The van der Waals surface area contributed by atoms with Crippen LogP contribution >= 0.6 is 11.6 Å². The van der Waals surface area contributed by atoms with Gasteiger partial charge in [0, 0.05) is 22.7 Å². The maximum Gasteiger partial charge on any atom is 0.269 e. The van der Waals surface area contributed by atoms with Crippen molar-refractivity contribution in [1.82, 2.24) is 10.1 Å². The van der Waals surface area contributed by atoms with Crippen LogP contribution in [-0.4, -0.2) is 15.1 Å². The summed E-state index contributed by atoms with van der Waals surface area (Å²) in [6, 6.07) is 12.8. The Morgan fingerprint density at radius 3 is 2.36 bits per heavy atom. The average molecular weight is 360 g/mol. The standard InChI is InChI=1S/C17H14ClN3O4/c1-17(2,24-14-9-7-13(8-10-14)21(22)23)16-19-15(25-20-16)11-3-5-12(18)6-4-11/h3-10H,1-2H3. The number of non-ortho nitro benzene ring substituents is 1. The van der Waals surface area contributed by atoms with Crippen molar-refractivity contribution in [2.75, 3.05) is 0 Å². The second kappa shape index (κ2) is 6.52. The number of ether oxygens (including phenoxy) is 1. The first kappa shape index (κ1) is 16.9. The Morgan fingerprint density at radius 2 is 1.76 bits per heavy atom. The average Bonchev–Trinajstić information content (AvgIpc) is 3.06. The highest BCUT2D eigenvalue weighted by molar-refractivity contribution is 6.30. The molecular weight excluding hydrogens is 346 g/mol. The van der Waals surface area contributed by atoms with Crippen LogP contribution in [0.2, 0.25) is 5.02 Å². The molecule has 0 fully saturated rings. The Hall–Kier alpha value is -2.93. The van der Waals surface area contributed by atoms with Gasteiger partial charge in [-0.15, -0.1) is 0 Å². The van der Waals surface area contributed by atoms with Gasteiger partial charge >= 0.3 is 0 Å². The molecule has 0 N–H and O–H groups in total. The van der Waals surface area contributed by atoms with E-state index in [4.69, 9.17) is 20.9 Å². The normalized spacial score (nSPS) is 11.3. The van der Waals surface area contributed by atoms with Gasteiger partial charge in [0.15, 0.2) is 5.60 Å². The van der Waals surface area contributed by atoms with E-state index < -0.39 is 10.5 Å². The number of nitro benzene ring substituents is 1. The van der Waals surface area contributed by atoms with Gasteiger partial charge in [-0.2, -0.15) is 4.98 Å². The van der Waals surface area contributed by atoms with Crippen LogP contribution in [-0.2, 0) is 5.60 Å². The summed E-state index contributed by atoms with van der Waals surface area (Å²) in [7, 11) is 0. The van der Waals surface area contributed by atoms with Gasteiger partial charge in [-0.25, -0.2) is 0 Å². The zero-order valence-corrected chi connectivity index (χ0v) is 14.2. The van der Waals surface area contributed by atoms with Gasteiger partial charge in [0.25, 0.3) is 11.6 Å². The third-order valence-electron chi connectivity index (χ3n) is 3.48. The van der Waals surface area contributed by atoms with Crippen molar-refractivity contribution in [2.24, 2.45) is 0 Å². The van der Waals surface area contributed by atoms with Gasteiger partial charge in [-0.1, -0.05) is 16.8 Å². The molecule has 25 heavy (non-hydrogen) atoms. The fourth-order valence-corrected chi connectivity index (χ4v) is 2.28. The molecule has 0 aliphatic rings. The minimum absolute atomic E-state index is 0.00487. The maximum absolute atomic E-state index is 10.7. The Balaban J connectivity index is 1.80. The molecular formula is C17H14ClN3O4. The molecule has 0 atom stereocenters. The van der Waals surface area contributed by atoms with Crippen molar-refractivity contribution < 1.29 is 14.2 Å². The number of hydrogen-bond acceptors (Lipinski definition) is 6. The van der Waals surface area contributed by atoms with Crippen LogP contribution in [0.3, 0.4) is 0 Å². The first-order valence-electron chi connectivity index (χ1n) is 7.39. The molecule has 0 radical (unpaired) electrons. The molecule has 8 heteroatoms. The quantitative estimate of drug-likeness (QED) is 0.488. The number of nitrogens with zero attached hydrogens (tertiary/aromatic N) is 3. The predicted molar refractivity (Wildman–Crippen MR) is 91.5 cm³/mol. The summed E-state index contributed by atoms with van der Waals surface area (Å²) < 4.78 is 11.2. The molecule has 3 aromatic rings. The van der Waals surface area contributed by atoms with Gasteiger partial charge in [-0.3, -0.25) is 10.1 Å². The fourth-order valence-electron chi connectivity index (χ4n) is 2.15. The summed E-state index contributed by atoms with van der Waals surface area (Å²) in [5, 5.41) is 15.3. The van der Waals surface area contributed by atoms with Crippen molar-refractivity contribution in [2.45, 2.75) is 19.4 Å². The Kier molecular flexibility index (Phi) is 4.41. The SMILES string of the molecule is CC(C)(Oc1ccc([N+](=O)[O-])cc1)c1noc(-c2ccc(Cl)cc2)n1. The lowest BCUT2D eigenvalue weighted by atomic mass is 10.1. The van der Waals surface area contributed by atoms with Gasteiger partial charge in [0.2, 0.25) is 5.82 Å². The van der Waals surface area contributed by atoms with Crippen LogP contribution in [0.25, 0.3) is 11.5 Å². The van der Waals surface area contributed by atoms with E-state index in [1.807, 2.05) is 0 Å². The van der Waals surface area contributed by atoms with Crippen LogP contribution in [0.5, 0.6) is 5.75 Å². The molecule has 1 aromatic heterocycles. The van der Waals surface area contributed by atoms with Crippen molar-refractivity contribution in [3.8, 4) is 17.2 Å². The number of benzene rings is 2. The van der Waals surface area contributed by atoms with E-state index in [0.717, 1.165) is 5.56 Å². The van der Waals surface area contributed by atoms with Crippen LogP contribution in [0.4, 0.5) is 5.69 Å². The second-order valence-electron chi connectivity index (χ2n) is 5.79. The van der Waals surface area contributed by atoms with Crippen molar-refractivity contribution >= 4 is 17.3 Å². The zero-order valence-electron chi connectivity index (χ0n) is 13.5. The monoisotopic (exact) mass is 359 g/mol. The van der Waals surface area contributed by atoms with Gasteiger partial charge in [0.05, 0.1) is 4.92 Å². The largest absolute Gasteiger partial charge is 0.480 e. The highest BCUT2D eigenvalue weighted by Crippen LogP contribution is 2.29. The van der Waals surface area contributed by atoms with Gasteiger partial charge < -0.3 is 9.26 Å². The van der Waals surface area contributed by atoms with Crippen molar-refractivity contribution in [1.29, 1.82) is 0 Å². The summed E-state index contributed by atoms with van der Waals surface area (Å²) in [6.07, 6.45) is 0. The molecule has 0 aliphatic carbocycles. The van der Waals surface area contributed by atoms with E-state index in [1.165, 1.54) is 24.3 Å². The van der Waals surface area contributed by atoms with Gasteiger partial charge in [0.1, 0.15) is 5.75 Å². The first-order valence-corrected chi connectivity index (χ1v) is 7.76. The predicted octanol–water partition coefficient (Wildman–Crippen LogP) is 4.61. The molecule has 0 saturated heterocycles. The van der Waals surface area contributed by atoms with E-state index in [0.29, 0.717) is 22.5 Å². The highest BCUT2D eigenvalue weighted by Gasteiger charge is 2.29. The molecule has 128 valence electrons. The summed E-state index contributed by atoms with van der Waals surface area (Å²) in [5.41, 5.74) is -0.145. The summed E-state index contributed by atoms with van der Waals surface area (Å²) in [4.78, 5) is 14.6. The minimum Gasteiger partial charge on any atom is -0.480 e. The molecule has 0 spiro atoms. The number of nitro groups is 1. The van der Waals surface area contributed by atoms with Crippen molar-refractivity contribution in [3.63, 3.8) is 0 Å². The van der Waals surface area contributed by atoms with E-state index in [-0.39, 0.29) is 5.69 Å². The maximum atomic E-state index is 10.7. The summed E-state index contributed by atoms with van der Waals surface area (Å²) in [5.74, 6) is 1.18. The third kappa shape index (κ3) is 3.77. The van der Waals surface area contributed by atoms with E-state index in [2.05, 4.69) is 10.1 Å². The molecule has 2 aromatic carbocycles. The van der Waals surface area contributed by atoms with Crippen LogP contribution in [0.1, 0.15) is 19.7 Å².